The van der Waals surface area contributed by atoms with E-state index in [0.717, 1.165) is 32.9 Å². The SMILES string of the molecule is C=Cc1ccc2ccc([C@@H](C)OC(=O)[C@H]3NN(C(=O)[C@H](C)NC(=O)[C@@H](NC(=O)OC(C)(C)C)C(C)C)CCC3C/C=C/c3ccc4ccc([C@@H](C)O)nc4c3)nc2c1. The first-order valence-corrected chi connectivity index (χ1v) is 19.8. The third kappa shape index (κ3) is 11.3. The molecule has 1 unspecified atom stereocenters. The lowest BCUT2D eigenvalue weighted by Crippen LogP contribution is -2.63. The Hall–Kier alpha value is -5.66. The highest BCUT2D eigenvalue weighted by Crippen LogP contribution is 2.27. The van der Waals surface area contributed by atoms with Crippen LogP contribution in [0.5, 0.6) is 0 Å². The number of carbonyl (C=O) groups is 4. The van der Waals surface area contributed by atoms with Crippen LogP contribution in [-0.4, -0.2) is 74.2 Å². The molecule has 0 radical (unpaired) electrons. The Kier molecular flexibility index (Phi) is 14.0. The second-order valence-electron chi connectivity index (χ2n) is 16.2. The standard InChI is InChI=1S/C45H56N6O7/c1-10-30-14-16-32-19-21-36(48-37(32)24-30)29(6)57-43(55)40-34(13-11-12-31-15-17-33-18-20-35(28(5)52)47-38(33)25-31)22-23-51(50-40)42(54)27(4)46-41(53)39(26(2)3)49-44(56)58-45(7,8)9/h10-12,14-21,24-29,34,39-40,50,52H,1,13,22-23H2,2-9H3,(H,46,53)(H,49,56)/b12-11+/t27-,28+,29+,34?,39-,40-/m0/s1. The summed E-state index contributed by atoms with van der Waals surface area (Å²) in [6.07, 6.45) is 4.51. The number of benzene rings is 2. The second kappa shape index (κ2) is 18.7. The fourth-order valence-corrected chi connectivity index (χ4v) is 6.72. The number of amides is 3. The van der Waals surface area contributed by atoms with E-state index in [0.29, 0.717) is 24.2 Å². The van der Waals surface area contributed by atoms with Crippen molar-refractivity contribution >= 4 is 57.8 Å². The highest BCUT2D eigenvalue weighted by atomic mass is 16.6. The molecular formula is C45H56N6O7. The van der Waals surface area contributed by atoms with E-state index in [9.17, 15) is 24.3 Å². The number of pyridine rings is 2. The van der Waals surface area contributed by atoms with Crippen molar-refractivity contribution in [2.75, 3.05) is 6.54 Å². The number of hydrazine groups is 1. The number of aliphatic hydroxyl groups excluding tert-OH is 1. The maximum absolute atomic E-state index is 14.1. The summed E-state index contributed by atoms with van der Waals surface area (Å²) in [6.45, 7) is 17.8. The molecule has 1 saturated heterocycles. The second-order valence-corrected chi connectivity index (χ2v) is 16.2. The van der Waals surface area contributed by atoms with E-state index < -0.39 is 59.8 Å². The molecule has 5 rings (SSSR count). The quantitative estimate of drug-likeness (QED) is 0.104. The Morgan fingerprint density at radius 3 is 2.14 bits per heavy atom. The Balaban J connectivity index is 1.32. The van der Waals surface area contributed by atoms with E-state index >= 15 is 0 Å². The molecule has 1 aliphatic rings. The molecule has 13 heteroatoms. The first kappa shape index (κ1) is 43.5. The monoisotopic (exact) mass is 792 g/mol. The maximum Gasteiger partial charge on any atom is 0.408 e. The van der Waals surface area contributed by atoms with E-state index in [1.807, 2.05) is 72.8 Å². The van der Waals surface area contributed by atoms with Gasteiger partial charge in [0.1, 0.15) is 29.8 Å². The van der Waals surface area contributed by atoms with E-state index in [2.05, 4.69) is 27.6 Å². The molecule has 2 aromatic heterocycles. The van der Waals surface area contributed by atoms with Crippen LogP contribution in [0.1, 0.15) is 103 Å². The van der Waals surface area contributed by atoms with Crippen molar-refractivity contribution in [3.05, 3.63) is 95.8 Å². The fourth-order valence-electron chi connectivity index (χ4n) is 6.72. The van der Waals surface area contributed by atoms with Crippen LogP contribution in [0, 0.1) is 11.8 Å². The molecule has 0 aliphatic carbocycles. The van der Waals surface area contributed by atoms with Crippen molar-refractivity contribution in [3.63, 3.8) is 0 Å². The minimum Gasteiger partial charge on any atom is -0.455 e. The van der Waals surface area contributed by atoms with E-state index in [1.165, 1.54) is 5.01 Å². The number of allylic oxidation sites excluding steroid dienone is 1. The number of carbonyl (C=O) groups excluding carboxylic acids is 4. The van der Waals surface area contributed by atoms with E-state index in [4.69, 9.17) is 14.5 Å². The van der Waals surface area contributed by atoms with Crippen molar-refractivity contribution in [2.24, 2.45) is 11.8 Å². The average molecular weight is 793 g/mol. The van der Waals surface area contributed by atoms with Crippen molar-refractivity contribution in [2.45, 2.75) is 104 Å². The molecule has 1 fully saturated rings. The fraction of sp³-hybridized carbons (Fsp3) is 0.422. The summed E-state index contributed by atoms with van der Waals surface area (Å²) in [6, 6.07) is 16.4. The topological polar surface area (TPSA) is 172 Å². The molecule has 13 nitrogen and oxygen atoms in total. The van der Waals surface area contributed by atoms with Crippen LogP contribution < -0.4 is 16.1 Å². The minimum atomic E-state index is -0.994. The molecule has 0 saturated carbocycles. The minimum absolute atomic E-state index is 0.256. The lowest BCUT2D eigenvalue weighted by molar-refractivity contribution is -0.159. The van der Waals surface area contributed by atoms with Crippen LogP contribution >= 0.6 is 0 Å². The number of esters is 1. The molecule has 2 aromatic carbocycles. The summed E-state index contributed by atoms with van der Waals surface area (Å²) in [7, 11) is 0. The number of nitrogens with zero attached hydrogens (tertiary/aromatic N) is 3. The zero-order chi connectivity index (χ0) is 42.3. The van der Waals surface area contributed by atoms with Gasteiger partial charge < -0.3 is 25.2 Å². The van der Waals surface area contributed by atoms with Crippen molar-refractivity contribution in [1.29, 1.82) is 0 Å². The van der Waals surface area contributed by atoms with E-state index in [-0.39, 0.29) is 18.4 Å². The van der Waals surface area contributed by atoms with Gasteiger partial charge in [0.05, 0.1) is 28.5 Å². The van der Waals surface area contributed by atoms with Gasteiger partial charge in [-0.3, -0.25) is 24.4 Å². The van der Waals surface area contributed by atoms with Crippen LogP contribution in [0.3, 0.4) is 0 Å². The highest BCUT2D eigenvalue weighted by molar-refractivity contribution is 5.91. The number of aromatic nitrogens is 2. The highest BCUT2D eigenvalue weighted by Gasteiger charge is 2.39. The average Bonchev–Trinajstić information content (AvgIpc) is 3.17. The van der Waals surface area contributed by atoms with Gasteiger partial charge in [-0.05, 0) is 102 Å². The van der Waals surface area contributed by atoms with Gasteiger partial charge in [-0.1, -0.05) is 75.1 Å². The van der Waals surface area contributed by atoms with Gasteiger partial charge in [-0.15, -0.1) is 0 Å². The molecule has 3 heterocycles. The number of hydrogen-bond acceptors (Lipinski definition) is 10. The number of aliphatic hydroxyl groups is 1. The van der Waals surface area contributed by atoms with Gasteiger partial charge in [-0.25, -0.2) is 15.2 Å². The summed E-state index contributed by atoms with van der Waals surface area (Å²) >= 11 is 0. The summed E-state index contributed by atoms with van der Waals surface area (Å²) < 4.78 is 11.4. The Bertz CT molecular complexity index is 2180. The first-order chi connectivity index (χ1) is 27.4. The Morgan fingerprint density at radius 1 is 0.914 bits per heavy atom. The van der Waals surface area contributed by atoms with Crippen molar-refractivity contribution in [1.82, 2.24) is 31.0 Å². The summed E-state index contributed by atoms with van der Waals surface area (Å²) in [4.78, 5) is 63.1. The predicted octanol–water partition coefficient (Wildman–Crippen LogP) is 6.96. The van der Waals surface area contributed by atoms with Crippen molar-refractivity contribution < 1.29 is 33.8 Å². The molecule has 4 N–H and O–H groups in total. The van der Waals surface area contributed by atoms with Gasteiger partial charge in [-0.2, -0.15) is 0 Å². The normalized spacial score (nSPS) is 18.1. The van der Waals surface area contributed by atoms with Gasteiger partial charge >= 0.3 is 12.1 Å². The molecule has 0 spiro atoms. The Labute approximate surface area is 340 Å². The van der Waals surface area contributed by atoms with E-state index in [1.54, 1.807) is 61.5 Å². The molecule has 3 amide bonds. The number of alkyl carbamates (subject to hydrolysis) is 1. The number of hydrogen-bond donors (Lipinski definition) is 4. The van der Waals surface area contributed by atoms with Gasteiger partial charge in [0, 0.05) is 17.3 Å². The molecule has 1 aliphatic heterocycles. The van der Waals surface area contributed by atoms with Gasteiger partial charge in [0.2, 0.25) is 5.91 Å². The molecule has 4 aromatic rings. The number of fused-ring (bicyclic) bond motifs is 2. The van der Waals surface area contributed by atoms with Crippen molar-refractivity contribution in [3.8, 4) is 0 Å². The van der Waals surface area contributed by atoms with Crippen LogP contribution in [0.25, 0.3) is 34.0 Å². The summed E-state index contributed by atoms with van der Waals surface area (Å²) in [5, 5.41) is 18.6. The maximum atomic E-state index is 14.1. The first-order valence-electron chi connectivity index (χ1n) is 19.8. The van der Waals surface area contributed by atoms with Crippen LogP contribution in [0.2, 0.25) is 0 Å². The lowest BCUT2D eigenvalue weighted by atomic mass is 9.90. The van der Waals surface area contributed by atoms with Crippen LogP contribution in [-0.2, 0) is 23.9 Å². The van der Waals surface area contributed by atoms with Gasteiger partial charge in [0.15, 0.2) is 0 Å². The van der Waals surface area contributed by atoms with Gasteiger partial charge in [0.25, 0.3) is 5.91 Å². The lowest BCUT2D eigenvalue weighted by Gasteiger charge is -2.39. The largest absolute Gasteiger partial charge is 0.455 e. The number of ether oxygens (including phenoxy) is 2. The zero-order valence-corrected chi connectivity index (χ0v) is 34.6. The molecule has 308 valence electrons. The molecule has 58 heavy (non-hydrogen) atoms. The predicted molar refractivity (Wildman–Crippen MR) is 225 cm³/mol. The zero-order valence-electron chi connectivity index (χ0n) is 34.6. The van der Waals surface area contributed by atoms with Crippen LogP contribution in [0.15, 0.2) is 73.3 Å². The third-order valence-corrected chi connectivity index (χ3v) is 9.96. The number of nitrogens with one attached hydrogen (secondary N) is 3. The number of rotatable bonds is 13. The Morgan fingerprint density at radius 2 is 1.52 bits per heavy atom. The summed E-state index contributed by atoms with van der Waals surface area (Å²) in [5.74, 6) is -2.10. The smallest absolute Gasteiger partial charge is 0.408 e. The molecular weight excluding hydrogens is 737 g/mol. The van der Waals surface area contributed by atoms with Crippen LogP contribution in [0.4, 0.5) is 4.79 Å². The molecule has 6 atom stereocenters. The third-order valence-electron chi connectivity index (χ3n) is 9.96. The summed E-state index contributed by atoms with van der Waals surface area (Å²) in [5.41, 5.74) is 6.86. The molecule has 0 bridgehead atoms.